The number of pyridine rings is 1. The third kappa shape index (κ3) is 5.08. The second-order valence-electron chi connectivity index (χ2n) is 4.89. The highest BCUT2D eigenvalue weighted by atomic mass is 16.5. The smallest absolute Gasteiger partial charge is 0.144 e. The van der Waals surface area contributed by atoms with Crippen LogP contribution in [0.1, 0.15) is 37.1 Å². The zero-order valence-electron chi connectivity index (χ0n) is 14.3. The standard InChI is InChI=1S/C17H18N2O2.C2H6/c1-12-16(10-20)9-19-13(2)17(12)21-11-15-5-3-4-14(8-18)6-7-15;1-2/h4-7,9,20H,3,10-11H2,1-2H3;1-2H3. The summed E-state index contributed by atoms with van der Waals surface area (Å²) >= 11 is 0. The number of nitriles is 1. The Kier molecular flexibility index (Phi) is 7.79. The highest BCUT2D eigenvalue weighted by Gasteiger charge is 2.10. The van der Waals surface area contributed by atoms with Crippen molar-refractivity contribution in [3.8, 4) is 11.8 Å². The second-order valence-corrected chi connectivity index (χ2v) is 4.89. The van der Waals surface area contributed by atoms with Gasteiger partial charge in [0.25, 0.3) is 0 Å². The van der Waals surface area contributed by atoms with Gasteiger partial charge in [-0.3, -0.25) is 4.98 Å². The van der Waals surface area contributed by atoms with Crippen molar-refractivity contribution in [2.75, 3.05) is 6.61 Å². The molecule has 0 fully saturated rings. The number of ether oxygens (including phenoxy) is 1. The number of hydrogen-bond donors (Lipinski definition) is 1. The van der Waals surface area contributed by atoms with E-state index in [0.717, 1.165) is 28.8 Å². The Bertz CT molecular complexity index is 665. The van der Waals surface area contributed by atoms with Crippen LogP contribution in [0, 0.1) is 25.2 Å². The van der Waals surface area contributed by atoms with Crippen molar-refractivity contribution >= 4 is 0 Å². The van der Waals surface area contributed by atoms with Crippen molar-refractivity contribution in [2.24, 2.45) is 0 Å². The zero-order chi connectivity index (χ0) is 17.2. The Morgan fingerprint density at radius 1 is 1.26 bits per heavy atom. The normalized spacial score (nSPS) is 13.0. The monoisotopic (exact) mass is 312 g/mol. The van der Waals surface area contributed by atoms with Crippen molar-refractivity contribution in [3.63, 3.8) is 0 Å². The molecule has 0 bridgehead atoms. The summed E-state index contributed by atoms with van der Waals surface area (Å²) in [6.45, 7) is 8.17. The minimum absolute atomic E-state index is 0.0481. The lowest BCUT2D eigenvalue weighted by Gasteiger charge is -2.14. The van der Waals surface area contributed by atoms with E-state index in [1.807, 2.05) is 45.9 Å². The number of aryl methyl sites for hydroxylation is 1. The molecule has 0 aromatic carbocycles. The van der Waals surface area contributed by atoms with E-state index in [-0.39, 0.29) is 6.61 Å². The van der Waals surface area contributed by atoms with Gasteiger partial charge < -0.3 is 9.84 Å². The van der Waals surface area contributed by atoms with E-state index in [1.54, 1.807) is 12.3 Å². The van der Waals surface area contributed by atoms with Crippen LogP contribution in [-0.4, -0.2) is 16.7 Å². The lowest BCUT2D eigenvalue weighted by atomic mass is 10.1. The van der Waals surface area contributed by atoms with Crippen molar-refractivity contribution in [2.45, 2.75) is 40.7 Å². The molecule has 0 radical (unpaired) electrons. The van der Waals surface area contributed by atoms with E-state index in [1.165, 1.54) is 0 Å². The quantitative estimate of drug-likeness (QED) is 0.914. The number of nitrogens with zero attached hydrogens (tertiary/aromatic N) is 2. The SMILES string of the molecule is CC.Cc1ncc(CO)c(C)c1OCC1=CCC=C(C#N)C=C1. The molecule has 1 N–H and O–H groups in total. The average molecular weight is 312 g/mol. The topological polar surface area (TPSA) is 66.1 Å². The van der Waals surface area contributed by atoms with Gasteiger partial charge in [-0.1, -0.05) is 32.1 Å². The summed E-state index contributed by atoms with van der Waals surface area (Å²) in [5.74, 6) is 0.716. The summed E-state index contributed by atoms with van der Waals surface area (Å²) in [6.07, 6.45) is 10.0. The third-order valence-corrected chi connectivity index (χ3v) is 3.44. The second kappa shape index (κ2) is 9.60. The Labute approximate surface area is 138 Å². The lowest BCUT2D eigenvalue weighted by Crippen LogP contribution is -2.05. The molecule has 0 amide bonds. The van der Waals surface area contributed by atoms with Crippen molar-refractivity contribution in [1.82, 2.24) is 4.98 Å². The minimum atomic E-state index is -0.0481. The summed E-state index contributed by atoms with van der Waals surface area (Å²) in [5, 5.41) is 18.2. The van der Waals surface area contributed by atoms with Gasteiger partial charge in [-0.15, -0.1) is 0 Å². The zero-order valence-corrected chi connectivity index (χ0v) is 14.3. The number of aliphatic hydroxyl groups excluding tert-OH is 1. The summed E-state index contributed by atoms with van der Waals surface area (Å²) in [5.41, 5.74) is 4.18. The Hall–Kier alpha value is -2.38. The van der Waals surface area contributed by atoms with E-state index in [0.29, 0.717) is 17.9 Å². The summed E-state index contributed by atoms with van der Waals surface area (Å²) in [6, 6.07) is 2.13. The van der Waals surface area contributed by atoms with Gasteiger partial charge in [0.15, 0.2) is 0 Å². The molecule has 4 nitrogen and oxygen atoms in total. The predicted octanol–water partition coefficient (Wildman–Crippen LogP) is 3.93. The maximum atomic E-state index is 9.29. The molecule has 1 aromatic heterocycles. The highest BCUT2D eigenvalue weighted by molar-refractivity contribution is 5.42. The van der Waals surface area contributed by atoms with Crippen LogP contribution >= 0.6 is 0 Å². The molecular formula is C19H24N2O2. The fourth-order valence-electron chi connectivity index (χ4n) is 2.14. The Balaban J connectivity index is 0.00000127. The molecule has 0 saturated heterocycles. The first-order valence-electron chi connectivity index (χ1n) is 7.81. The predicted molar refractivity (Wildman–Crippen MR) is 92.0 cm³/mol. The van der Waals surface area contributed by atoms with Crippen LogP contribution < -0.4 is 4.74 Å². The van der Waals surface area contributed by atoms with Crippen molar-refractivity contribution in [1.29, 1.82) is 5.26 Å². The van der Waals surface area contributed by atoms with Crippen LogP contribution in [0.2, 0.25) is 0 Å². The fourth-order valence-corrected chi connectivity index (χ4v) is 2.14. The van der Waals surface area contributed by atoms with Gasteiger partial charge in [-0.25, -0.2) is 0 Å². The largest absolute Gasteiger partial charge is 0.487 e. The summed E-state index contributed by atoms with van der Waals surface area (Å²) in [7, 11) is 0. The molecule has 23 heavy (non-hydrogen) atoms. The number of aliphatic hydroxyl groups is 1. The Morgan fingerprint density at radius 3 is 2.65 bits per heavy atom. The van der Waals surface area contributed by atoms with E-state index in [9.17, 15) is 5.11 Å². The van der Waals surface area contributed by atoms with Gasteiger partial charge in [0.1, 0.15) is 12.4 Å². The van der Waals surface area contributed by atoms with Gasteiger partial charge in [0.05, 0.1) is 18.4 Å². The van der Waals surface area contributed by atoms with Crippen LogP contribution in [0.5, 0.6) is 5.75 Å². The molecule has 0 aliphatic heterocycles. The Morgan fingerprint density at radius 2 is 2.00 bits per heavy atom. The summed E-state index contributed by atoms with van der Waals surface area (Å²) < 4.78 is 5.87. The van der Waals surface area contributed by atoms with Crippen LogP contribution in [0.25, 0.3) is 0 Å². The van der Waals surface area contributed by atoms with Gasteiger partial charge in [-0.2, -0.15) is 5.26 Å². The minimum Gasteiger partial charge on any atom is -0.487 e. The van der Waals surface area contributed by atoms with E-state index < -0.39 is 0 Å². The molecule has 0 atom stereocenters. The number of aromatic nitrogens is 1. The van der Waals surface area contributed by atoms with Crippen LogP contribution in [-0.2, 0) is 6.61 Å². The summed E-state index contributed by atoms with van der Waals surface area (Å²) in [4.78, 5) is 4.24. The number of allylic oxidation sites excluding steroid dienone is 4. The number of hydrogen-bond acceptors (Lipinski definition) is 4. The molecule has 4 heteroatoms. The van der Waals surface area contributed by atoms with Crippen molar-refractivity contribution in [3.05, 3.63) is 58.5 Å². The molecule has 0 unspecified atom stereocenters. The molecule has 2 rings (SSSR count). The maximum Gasteiger partial charge on any atom is 0.144 e. The van der Waals surface area contributed by atoms with E-state index >= 15 is 0 Å². The third-order valence-electron chi connectivity index (χ3n) is 3.44. The first-order chi connectivity index (χ1) is 11.2. The molecule has 1 heterocycles. The molecule has 0 spiro atoms. The van der Waals surface area contributed by atoms with Gasteiger partial charge in [-0.05, 0) is 37.5 Å². The van der Waals surface area contributed by atoms with E-state index in [2.05, 4.69) is 11.1 Å². The first kappa shape index (κ1) is 18.7. The molecule has 1 aliphatic rings. The first-order valence-corrected chi connectivity index (χ1v) is 7.81. The van der Waals surface area contributed by atoms with Gasteiger partial charge in [0.2, 0.25) is 0 Å². The van der Waals surface area contributed by atoms with Crippen LogP contribution in [0.4, 0.5) is 0 Å². The van der Waals surface area contributed by atoms with Gasteiger partial charge >= 0.3 is 0 Å². The van der Waals surface area contributed by atoms with Crippen molar-refractivity contribution < 1.29 is 9.84 Å². The highest BCUT2D eigenvalue weighted by Crippen LogP contribution is 2.25. The maximum absolute atomic E-state index is 9.29. The molecule has 1 aromatic rings. The molecular weight excluding hydrogens is 288 g/mol. The lowest BCUT2D eigenvalue weighted by molar-refractivity contribution is 0.278. The van der Waals surface area contributed by atoms with Crippen LogP contribution in [0.15, 0.2) is 41.6 Å². The molecule has 1 aliphatic carbocycles. The van der Waals surface area contributed by atoms with E-state index in [4.69, 9.17) is 10.00 Å². The molecule has 0 saturated carbocycles. The van der Waals surface area contributed by atoms with Gasteiger partial charge in [0, 0.05) is 17.3 Å². The van der Waals surface area contributed by atoms with Crippen LogP contribution in [0.3, 0.4) is 0 Å². The molecule has 122 valence electrons. The average Bonchev–Trinajstić information content (AvgIpc) is 2.82. The number of rotatable bonds is 4. The fraction of sp³-hybridized carbons (Fsp3) is 0.368.